The summed E-state index contributed by atoms with van der Waals surface area (Å²) in [7, 11) is -3.35. The fourth-order valence-corrected chi connectivity index (χ4v) is 3.87. The van der Waals surface area contributed by atoms with Crippen LogP contribution in [-0.2, 0) is 9.84 Å². The lowest BCUT2D eigenvalue weighted by atomic mass is 10.2. The van der Waals surface area contributed by atoms with Gasteiger partial charge in [0.2, 0.25) is 0 Å². The molecule has 1 aliphatic heterocycles. The van der Waals surface area contributed by atoms with Crippen molar-refractivity contribution in [2.75, 3.05) is 18.8 Å². The number of benzene rings is 1. The highest BCUT2D eigenvalue weighted by Gasteiger charge is 2.25. The van der Waals surface area contributed by atoms with Crippen LogP contribution in [0.5, 0.6) is 0 Å². The van der Waals surface area contributed by atoms with Gasteiger partial charge in [0.25, 0.3) is 0 Å². The second-order valence-corrected chi connectivity index (χ2v) is 6.82. The number of hydrogen-bond donors (Lipinski definition) is 1. The number of rotatable bonds is 3. The minimum atomic E-state index is -3.35. The predicted octanol–water partition coefficient (Wildman–Crippen LogP) is 1.01. The normalized spacial score (nSPS) is 19.9. The van der Waals surface area contributed by atoms with Crippen LogP contribution in [0.3, 0.4) is 0 Å². The molecule has 0 amide bonds. The first-order valence-electron chi connectivity index (χ1n) is 6.30. The Bertz CT molecular complexity index is 694. The molecule has 1 aromatic heterocycles. The lowest BCUT2D eigenvalue weighted by molar-refractivity contribution is 0.567. The highest BCUT2D eigenvalue weighted by Crippen LogP contribution is 2.18. The second-order valence-electron chi connectivity index (χ2n) is 4.84. The van der Waals surface area contributed by atoms with Gasteiger partial charge in [0.05, 0.1) is 23.0 Å². The number of hydrogen-bond acceptors (Lipinski definition) is 5. The Labute approximate surface area is 112 Å². The van der Waals surface area contributed by atoms with Crippen LogP contribution >= 0.6 is 0 Å². The molecule has 0 radical (unpaired) electrons. The largest absolute Gasteiger partial charge is 0.316 e. The molecule has 0 aliphatic carbocycles. The van der Waals surface area contributed by atoms with E-state index in [1.807, 2.05) is 18.2 Å². The van der Waals surface area contributed by atoms with Crippen molar-refractivity contribution in [1.29, 1.82) is 0 Å². The molecule has 0 bridgehead atoms. The molecule has 1 saturated heterocycles. The van der Waals surface area contributed by atoms with Crippen molar-refractivity contribution in [2.45, 2.75) is 11.4 Å². The van der Waals surface area contributed by atoms with E-state index in [2.05, 4.69) is 15.3 Å². The Balaban J connectivity index is 1.93. The van der Waals surface area contributed by atoms with Crippen molar-refractivity contribution in [2.24, 2.45) is 5.92 Å². The van der Waals surface area contributed by atoms with E-state index in [0.29, 0.717) is 11.0 Å². The summed E-state index contributed by atoms with van der Waals surface area (Å²) in [6.45, 7) is 1.66. The highest BCUT2D eigenvalue weighted by atomic mass is 32.2. The zero-order chi connectivity index (χ0) is 13.3. The molecule has 0 unspecified atom stereocenters. The number of nitrogens with one attached hydrogen (secondary N) is 1. The maximum Gasteiger partial charge on any atom is 0.197 e. The maximum absolute atomic E-state index is 12.3. The first kappa shape index (κ1) is 12.5. The summed E-state index contributed by atoms with van der Waals surface area (Å²) < 4.78 is 24.6. The lowest BCUT2D eigenvalue weighted by Crippen LogP contribution is -2.19. The molecule has 5 nitrogen and oxygen atoms in total. The third-order valence-electron chi connectivity index (χ3n) is 3.36. The Hall–Kier alpha value is -1.53. The smallest absolute Gasteiger partial charge is 0.197 e. The summed E-state index contributed by atoms with van der Waals surface area (Å²) in [6, 6.07) is 7.28. The summed E-state index contributed by atoms with van der Waals surface area (Å²) in [5.74, 6) is 0.325. The van der Waals surface area contributed by atoms with Crippen LogP contribution in [0.1, 0.15) is 6.42 Å². The maximum atomic E-state index is 12.3. The molecule has 1 N–H and O–H groups in total. The van der Waals surface area contributed by atoms with Crippen LogP contribution in [0.25, 0.3) is 11.0 Å². The fraction of sp³-hybridized carbons (Fsp3) is 0.385. The van der Waals surface area contributed by atoms with E-state index in [1.165, 1.54) is 6.20 Å². The van der Waals surface area contributed by atoms with Gasteiger partial charge in [-0.1, -0.05) is 12.1 Å². The molecule has 100 valence electrons. The summed E-state index contributed by atoms with van der Waals surface area (Å²) in [5, 5.41) is 3.26. The van der Waals surface area contributed by atoms with E-state index in [4.69, 9.17) is 0 Å². The number of nitrogens with zero attached hydrogens (tertiary/aromatic N) is 2. The van der Waals surface area contributed by atoms with Gasteiger partial charge in [-0.15, -0.1) is 0 Å². The van der Waals surface area contributed by atoms with E-state index >= 15 is 0 Å². The van der Waals surface area contributed by atoms with Crippen LogP contribution in [-0.4, -0.2) is 37.2 Å². The molecular formula is C13H15N3O2S. The summed E-state index contributed by atoms with van der Waals surface area (Å²) in [6.07, 6.45) is 2.26. The molecule has 0 spiro atoms. The molecule has 2 heterocycles. The molecule has 6 heteroatoms. The second kappa shape index (κ2) is 4.86. The van der Waals surface area contributed by atoms with Gasteiger partial charge in [-0.3, -0.25) is 4.98 Å². The fourth-order valence-electron chi connectivity index (χ4n) is 2.34. The van der Waals surface area contributed by atoms with Crippen molar-refractivity contribution in [3.8, 4) is 0 Å². The monoisotopic (exact) mass is 277 g/mol. The first-order chi connectivity index (χ1) is 9.15. The van der Waals surface area contributed by atoms with Crippen LogP contribution < -0.4 is 5.32 Å². The number of fused-ring (bicyclic) bond motifs is 1. The van der Waals surface area contributed by atoms with Gasteiger partial charge >= 0.3 is 0 Å². The summed E-state index contributed by atoms with van der Waals surface area (Å²) in [5.41, 5.74) is 1.33. The molecule has 3 rings (SSSR count). The quantitative estimate of drug-likeness (QED) is 0.906. The Morgan fingerprint density at radius 1 is 1.26 bits per heavy atom. The topological polar surface area (TPSA) is 72.0 Å². The molecule has 1 atom stereocenters. The number of aromatic nitrogens is 2. The molecule has 1 aromatic carbocycles. The molecule has 19 heavy (non-hydrogen) atoms. The Morgan fingerprint density at radius 3 is 2.79 bits per heavy atom. The van der Waals surface area contributed by atoms with Crippen LogP contribution in [0.4, 0.5) is 0 Å². The van der Waals surface area contributed by atoms with E-state index in [-0.39, 0.29) is 16.7 Å². The summed E-state index contributed by atoms with van der Waals surface area (Å²) >= 11 is 0. The lowest BCUT2D eigenvalue weighted by Gasteiger charge is -2.09. The van der Waals surface area contributed by atoms with Gasteiger partial charge in [-0.05, 0) is 37.6 Å². The van der Waals surface area contributed by atoms with Gasteiger partial charge in [-0.2, -0.15) is 0 Å². The van der Waals surface area contributed by atoms with Crippen molar-refractivity contribution >= 4 is 20.9 Å². The zero-order valence-electron chi connectivity index (χ0n) is 10.4. The molecule has 0 saturated carbocycles. The van der Waals surface area contributed by atoms with E-state index in [1.54, 1.807) is 6.07 Å². The number of para-hydroxylation sites is 2. The highest BCUT2D eigenvalue weighted by molar-refractivity contribution is 7.91. The Morgan fingerprint density at radius 2 is 2.05 bits per heavy atom. The van der Waals surface area contributed by atoms with Crippen molar-refractivity contribution in [3.63, 3.8) is 0 Å². The van der Waals surface area contributed by atoms with E-state index in [0.717, 1.165) is 19.5 Å². The standard InChI is InChI=1S/C13H15N3O2S/c17-19(18,9-10-5-6-14-7-10)13-8-15-11-3-1-2-4-12(11)16-13/h1-4,8,10,14H,5-7,9H2/t10-/m1/s1. The van der Waals surface area contributed by atoms with Crippen LogP contribution in [0.2, 0.25) is 0 Å². The third-order valence-corrected chi connectivity index (χ3v) is 5.11. The van der Waals surface area contributed by atoms with Gasteiger partial charge in [0.1, 0.15) is 0 Å². The zero-order valence-corrected chi connectivity index (χ0v) is 11.2. The summed E-state index contributed by atoms with van der Waals surface area (Å²) in [4.78, 5) is 8.38. The average Bonchev–Trinajstić information content (AvgIpc) is 2.90. The predicted molar refractivity (Wildman–Crippen MR) is 72.6 cm³/mol. The minimum Gasteiger partial charge on any atom is -0.316 e. The van der Waals surface area contributed by atoms with Gasteiger partial charge in [-0.25, -0.2) is 13.4 Å². The van der Waals surface area contributed by atoms with Crippen LogP contribution in [0, 0.1) is 5.92 Å². The van der Waals surface area contributed by atoms with E-state index < -0.39 is 9.84 Å². The molecule has 1 fully saturated rings. The first-order valence-corrected chi connectivity index (χ1v) is 7.96. The SMILES string of the molecule is O=S(=O)(C[C@@H]1CCNC1)c1cnc2ccccc2n1. The average molecular weight is 277 g/mol. The third kappa shape index (κ3) is 2.59. The van der Waals surface area contributed by atoms with Crippen molar-refractivity contribution in [1.82, 2.24) is 15.3 Å². The number of sulfone groups is 1. The van der Waals surface area contributed by atoms with Crippen molar-refractivity contribution in [3.05, 3.63) is 30.5 Å². The van der Waals surface area contributed by atoms with Crippen molar-refractivity contribution < 1.29 is 8.42 Å². The minimum absolute atomic E-state index is 0.0816. The van der Waals surface area contributed by atoms with Gasteiger partial charge in [0.15, 0.2) is 14.9 Å². The molecular weight excluding hydrogens is 262 g/mol. The Kier molecular flexibility index (Phi) is 3.20. The van der Waals surface area contributed by atoms with Gasteiger partial charge in [0, 0.05) is 0 Å². The van der Waals surface area contributed by atoms with Gasteiger partial charge < -0.3 is 5.32 Å². The molecule has 2 aromatic rings. The van der Waals surface area contributed by atoms with Crippen LogP contribution in [0.15, 0.2) is 35.5 Å². The van der Waals surface area contributed by atoms with E-state index in [9.17, 15) is 8.42 Å². The molecule has 1 aliphatic rings.